The van der Waals surface area contributed by atoms with Gasteiger partial charge in [-0.1, -0.05) is 260 Å². The highest BCUT2D eigenvalue weighted by molar-refractivity contribution is 7.27. The molecule has 0 amide bonds. The first-order valence-electron chi connectivity index (χ1n) is 42.1. The molecule has 0 spiro atoms. The predicted molar refractivity (Wildman–Crippen MR) is 448 cm³/mol. The Balaban J connectivity index is 0.944. The molecule has 0 atom stereocenters. The van der Waals surface area contributed by atoms with Gasteiger partial charge in [0, 0.05) is 81.8 Å². The van der Waals surface area contributed by atoms with Crippen LogP contribution in [0.25, 0.3) is 142 Å². The number of benzene rings is 15. The minimum Gasteiger partial charge on any atom is -0.456 e. The lowest BCUT2D eigenvalue weighted by Gasteiger charge is -2.45. The highest BCUT2D eigenvalue weighted by atomic mass is 32.1. The highest BCUT2D eigenvalue weighted by Crippen LogP contribution is 2.54. The zero-order chi connectivity index (χ0) is 81.5. The maximum Gasteiger partial charge on any atom is 0.252 e. The highest BCUT2D eigenvalue weighted by Gasteiger charge is 2.45. The van der Waals surface area contributed by atoms with Crippen molar-refractivity contribution in [1.82, 2.24) is 9.13 Å². The van der Waals surface area contributed by atoms with E-state index in [2.05, 4.69) is 208 Å². The number of hydrogen-bond donors (Lipinski definition) is 0. The van der Waals surface area contributed by atoms with Crippen LogP contribution >= 0.6 is 11.3 Å². The van der Waals surface area contributed by atoms with E-state index < -0.39 is 73.2 Å². The second-order valence-electron chi connectivity index (χ2n) is 29.8. The van der Waals surface area contributed by atoms with E-state index in [0.717, 1.165) is 131 Å². The van der Waals surface area contributed by atoms with E-state index in [1.165, 1.54) is 11.1 Å². The molecule has 105 heavy (non-hydrogen) atoms. The van der Waals surface area contributed by atoms with Gasteiger partial charge in [-0.3, -0.25) is 0 Å². The van der Waals surface area contributed by atoms with Crippen molar-refractivity contribution < 1.29 is 22.2 Å². The molecule has 0 radical (unpaired) electrons. The Morgan fingerprint density at radius 2 is 0.857 bits per heavy atom. The van der Waals surface area contributed by atoms with Gasteiger partial charge >= 0.3 is 0 Å². The number of nitrogens with zero attached hydrogens (tertiary/aromatic N) is 4. The van der Waals surface area contributed by atoms with Crippen LogP contribution in [0.3, 0.4) is 0 Å². The third-order valence-electron chi connectivity index (χ3n) is 21.7. The van der Waals surface area contributed by atoms with Crippen molar-refractivity contribution in [1.29, 1.82) is 0 Å². The van der Waals surface area contributed by atoms with Crippen LogP contribution in [0.5, 0.6) is 0 Å². The van der Waals surface area contributed by atoms with Gasteiger partial charge in [0.2, 0.25) is 0 Å². The van der Waals surface area contributed by atoms with Crippen molar-refractivity contribution in [3.05, 3.63) is 332 Å². The summed E-state index contributed by atoms with van der Waals surface area (Å²) in [5.41, 5.74) is 18.9. The summed E-state index contributed by atoms with van der Waals surface area (Å²) in [4.78, 5) is 4.50. The Bertz CT molecular complexity index is 7490. The van der Waals surface area contributed by atoms with Crippen molar-refractivity contribution in [2.24, 2.45) is 0 Å². The van der Waals surface area contributed by atoms with Gasteiger partial charge in [0.1, 0.15) is 11.2 Å². The number of fused-ring (bicyclic) bond motifs is 16. The van der Waals surface area contributed by atoms with E-state index in [1.54, 1.807) is 15.9 Å². The topological polar surface area (TPSA) is 29.5 Å². The van der Waals surface area contributed by atoms with Crippen molar-refractivity contribution in [3.8, 4) is 55.9 Å². The molecule has 0 saturated heterocycles. The molecular formula is C98H71BN4OS. The molecule has 7 heteroatoms. The second kappa shape index (κ2) is 23.0. The van der Waals surface area contributed by atoms with Crippen molar-refractivity contribution in [2.75, 3.05) is 9.80 Å². The van der Waals surface area contributed by atoms with Crippen LogP contribution in [0.1, 0.15) is 70.5 Å². The number of aromatic nitrogens is 2. The monoisotopic (exact) mass is 1380 g/mol. The Hall–Kier alpha value is -12.4. The van der Waals surface area contributed by atoms with E-state index >= 15 is 0 Å². The largest absolute Gasteiger partial charge is 0.456 e. The molecular weight excluding hydrogens is 1290 g/mol. The number of hydrogen-bond acceptors (Lipinski definition) is 4. The third-order valence-corrected chi connectivity index (χ3v) is 23.0. The van der Waals surface area contributed by atoms with Gasteiger partial charge in [0.15, 0.2) is 0 Å². The van der Waals surface area contributed by atoms with Crippen LogP contribution in [-0.4, -0.2) is 15.8 Å². The Morgan fingerprint density at radius 3 is 1.55 bits per heavy atom. The Labute approximate surface area is 632 Å². The minimum absolute atomic E-state index is 0.00404. The van der Waals surface area contributed by atoms with Crippen LogP contribution in [0.15, 0.2) is 326 Å². The summed E-state index contributed by atoms with van der Waals surface area (Å²) in [5, 5.41) is 6.05. The summed E-state index contributed by atoms with van der Waals surface area (Å²) in [6.07, 6.45) is 0. The van der Waals surface area contributed by atoms with Crippen molar-refractivity contribution >= 4 is 154 Å². The standard InChI is InChI=1S/C98H71BN4OS/c1-97(2,3)66-43-49-85-77(55-66)78-56-67(98(4,5)6)44-50-86(78)100(85)68-45-47-81-89(57-68)103(87-38-23-35-75-74-34-22-33-70(95(74)105-96(75)87)65-42-51-93-79(53-65)73-32-18-21-39-92(73)104-93)91-59-69(101-82-36-19-16-30-71(82)72-31-17-20-37-83(72)101)58-90-94(91)99(81)80-46-40-64(61-26-12-8-13-27-61)54-88(80)102(90)84-48-41-63(60-24-10-7-11-25-60)52-76(84)62-28-14-9-15-29-62/h7-59H,1-6H3/i8D,12D,13D,16D,17D,19D,20D,26D,27D,30D,31D,36D,37D. The second-order valence-corrected chi connectivity index (χ2v) is 30.8. The predicted octanol–water partition coefficient (Wildman–Crippen LogP) is 25.5. The van der Waals surface area contributed by atoms with Gasteiger partial charge in [-0.25, -0.2) is 0 Å². The fraction of sp³-hybridized carbons (Fsp3) is 0.0816. The Morgan fingerprint density at radius 1 is 0.314 bits per heavy atom. The first kappa shape index (κ1) is 49.2. The minimum atomic E-state index is -0.694. The molecule has 2 aliphatic heterocycles. The summed E-state index contributed by atoms with van der Waals surface area (Å²) in [7, 11) is 0. The van der Waals surface area contributed by atoms with E-state index in [-0.39, 0.29) is 56.0 Å². The fourth-order valence-electron chi connectivity index (χ4n) is 16.7. The number of rotatable bonds is 8. The maximum absolute atomic E-state index is 10.1. The maximum atomic E-state index is 10.1. The molecule has 19 aromatic rings. The van der Waals surface area contributed by atoms with Gasteiger partial charge in [-0.2, -0.15) is 0 Å². The molecule has 21 rings (SSSR count). The Kier molecular flexibility index (Phi) is 10.8. The smallest absolute Gasteiger partial charge is 0.252 e. The van der Waals surface area contributed by atoms with Crippen LogP contribution in [-0.2, 0) is 10.8 Å². The van der Waals surface area contributed by atoms with Gasteiger partial charge in [0.05, 0.1) is 61.6 Å². The molecule has 0 aliphatic carbocycles. The number of anilines is 6. The number of thiophene rings is 1. The molecule has 0 bridgehead atoms. The molecule has 4 aromatic heterocycles. The van der Waals surface area contributed by atoms with E-state index in [4.69, 9.17) is 8.53 Å². The van der Waals surface area contributed by atoms with Gasteiger partial charge < -0.3 is 23.4 Å². The first-order chi connectivity index (χ1) is 56.7. The van der Waals surface area contributed by atoms with Crippen LogP contribution in [0.2, 0.25) is 0 Å². The van der Waals surface area contributed by atoms with E-state index in [1.807, 2.05) is 91.0 Å². The molecule has 15 aromatic carbocycles. The number of furan rings is 1. The average Bonchev–Trinajstić information content (AvgIpc) is 1.14. The molecule has 0 saturated carbocycles. The zero-order valence-electron chi connectivity index (χ0n) is 71.3. The van der Waals surface area contributed by atoms with E-state index in [9.17, 15) is 13.7 Å². The van der Waals surface area contributed by atoms with Gasteiger partial charge in [-0.15, -0.1) is 11.3 Å². The molecule has 6 heterocycles. The summed E-state index contributed by atoms with van der Waals surface area (Å²) < 4.78 is 136. The lowest BCUT2D eigenvalue weighted by molar-refractivity contribution is 0.590. The zero-order valence-corrected chi connectivity index (χ0v) is 59.1. The SMILES string of the molecule is [2H]c1c([2H])c([2H])c(-c2ccc3c(c2)N(c2ccc(-c4ccccc4)cc2-c2ccccc2)c2cc(-n4c5c([2H])c([2H])c([2H])c([2H])c5c5c([2H])c([2H])c([2H])c([2H])c54)cc4c2B3c2ccc(-n3c5ccc(C(C)(C)C)cc5c5cc(C(C)(C)C)ccc53)cc2N4c2cccc3c2sc2c(-c4ccc5oc6ccccc6c5c4)cccc23)c([2H])c1[2H]. The summed E-state index contributed by atoms with van der Waals surface area (Å²) in [6.45, 7) is 12.7. The molecule has 0 N–H and O–H groups in total. The lowest BCUT2D eigenvalue weighted by atomic mass is 9.33. The van der Waals surface area contributed by atoms with Gasteiger partial charge in [0.25, 0.3) is 6.71 Å². The third kappa shape index (κ3) is 9.47. The normalized spacial score (nSPS) is 14.7. The summed E-state index contributed by atoms with van der Waals surface area (Å²) in [6, 6.07) is 77.6. The first-order valence-corrected chi connectivity index (χ1v) is 36.4. The summed E-state index contributed by atoms with van der Waals surface area (Å²) >= 11 is 1.69. The quantitative estimate of drug-likeness (QED) is 0.142. The van der Waals surface area contributed by atoms with Crippen LogP contribution < -0.4 is 26.2 Å². The molecule has 5 nitrogen and oxygen atoms in total. The summed E-state index contributed by atoms with van der Waals surface area (Å²) in [5.74, 6) is 0. The van der Waals surface area contributed by atoms with Gasteiger partial charge in [-0.05, 0) is 180 Å². The molecule has 0 unspecified atom stereocenters. The van der Waals surface area contributed by atoms with Crippen LogP contribution in [0.4, 0.5) is 34.1 Å². The lowest BCUT2D eigenvalue weighted by Crippen LogP contribution is -2.61. The van der Waals surface area contributed by atoms with E-state index in [0.29, 0.717) is 28.3 Å². The number of para-hydroxylation sites is 3. The van der Waals surface area contributed by atoms with Crippen LogP contribution in [0, 0.1) is 0 Å². The van der Waals surface area contributed by atoms with Crippen molar-refractivity contribution in [2.45, 2.75) is 52.4 Å². The van der Waals surface area contributed by atoms with Crippen molar-refractivity contribution in [3.63, 3.8) is 0 Å². The average molecular weight is 1380 g/mol. The molecule has 2 aliphatic rings. The molecule has 0 fully saturated rings. The molecule has 498 valence electrons. The fourth-order valence-corrected chi connectivity index (χ4v) is 18.0.